The van der Waals surface area contributed by atoms with E-state index in [1.54, 1.807) is 0 Å². The zero-order valence-corrected chi connectivity index (χ0v) is 8.72. The maximum Gasteiger partial charge on any atom is 0.325 e. The standard InChI is InChI=1S/C11H13N3O2/c12-9-6-10(15)13-11(16)14(9)7-8-4-2-1-3-5-8/h1-5,9H,6-7,12H2,(H,13,15,16). The zero-order valence-electron chi connectivity index (χ0n) is 8.72. The van der Waals surface area contributed by atoms with Crippen LogP contribution in [0.3, 0.4) is 0 Å². The Hall–Kier alpha value is -1.88. The van der Waals surface area contributed by atoms with Crippen molar-refractivity contribution in [3.05, 3.63) is 35.9 Å². The number of hydrogen-bond donors (Lipinski definition) is 2. The highest BCUT2D eigenvalue weighted by Gasteiger charge is 2.29. The molecule has 1 aliphatic heterocycles. The Bertz CT molecular complexity index is 405. The van der Waals surface area contributed by atoms with Gasteiger partial charge in [-0.2, -0.15) is 0 Å². The van der Waals surface area contributed by atoms with Crippen molar-refractivity contribution in [1.29, 1.82) is 0 Å². The Morgan fingerprint density at radius 1 is 1.31 bits per heavy atom. The average molecular weight is 219 g/mol. The normalized spacial score (nSPS) is 20.8. The van der Waals surface area contributed by atoms with Crippen molar-refractivity contribution in [2.45, 2.75) is 19.1 Å². The summed E-state index contributed by atoms with van der Waals surface area (Å²) in [6, 6.07) is 9.10. The summed E-state index contributed by atoms with van der Waals surface area (Å²) in [5.74, 6) is -0.318. The quantitative estimate of drug-likeness (QED) is 0.756. The fourth-order valence-corrected chi connectivity index (χ4v) is 1.66. The van der Waals surface area contributed by atoms with Gasteiger partial charge < -0.3 is 10.6 Å². The Balaban J connectivity index is 2.09. The number of carbonyl (C=O) groups is 2. The molecule has 1 fully saturated rings. The first-order chi connectivity index (χ1) is 7.66. The molecule has 84 valence electrons. The van der Waals surface area contributed by atoms with E-state index < -0.39 is 12.2 Å². The van der Waals surface area contributed by atoms with Gasteiger partial charge in [0.2, 0.25) is 5.91 Å². The van der Waals surface area contributed by atoms with Crippen LogP contribution in [0.15, 0.2) is 30.3 Å². The number of benzene rings is 1. The van der Waals surface area contributed by atoms with Crippen molar-refractivity contribution in [3.63, 3.8) is 0 Å². The van der Waals surface area contributed by atoms with E-state index >= 15 is 0 Å². The third-order valence-electron chi connectivity index (χ3n) is 2.50. The number of imide groups is 1. The van der Waals surface area contributed by atoms with E-state index in [1.807, 2.05) is 30.3 Å². The smallest absolute Gasteiger partial charge is 0.311 e. The van der Waals surface area contributed by atoms with Crippen LogP contribution in [0.2, 0.25) is 0 Å². The molecule has 16 heavy (non-hydrogen) atoms. The molecule has 1 aromatic rings. The van der Waals surface area contributed by atoms with Crippen molar-refractivity contribution >= 4 is 11.9 Å². The molecule has 5 heteroatoms. The lowest BCUT2D eigenvalue weighted by molar-refractivity contribution is -0.122. The predicted octanol–water partition coefficient (Wildman–Crippen LogP) is 0.413. The Morgan fingerprint density at radius 2 is 2.00 bits per heavy atom. The van der Waals surface area contributed by atoms with E-state index in [0.717, 1.165) is 5.56 Å². The molecular weight excluding hydrogens is 206 g/mol. The van der Waals surface area contributed by atoms with E-state index in [0.29, 0.717) is 6.54 Å². The number of nitrogens with one attached hydrogen (secondary N) is 1. The average Bonchev–Trinajstić information content (AvgIpc) is 2.25. The Morgan fingerprint density at radius 3 is 2.62 bits per heavy atom. The van der Waals surface area contributed by atoms with Crippen LogP contribution in [0, 0.1) is 0 Å². The van der Waals surface area contributed by atoms with Gasteiger partial charge in [0.25, 0.3) is 0 Å². The van der Waals surface area contributed by atoms with Crippen molar-refractivity contribution in [2.24, 2.45) is 5.73 Å². The maximum atomic E-state index is 11.5. The molecule has 1 unspecified atom stereocenters. The fourth-order valence-electron chi connectivity index (χ4n) is 1.66. The topological polar surface area (TPSA) is 75.4 Å². The van der Waals surface area contributed by atoms with Crippen molar-refractivity contribution in [2.75, 3.05) is 0 Å². The lowest BCUT2D eigenvalue weighted by Crippen LogP contribution is -2.57. The van der Waals surface area contributed by atoms with Crippen LogP contribution in [0.4, 0.5) is 4.79 Å². The molecule has 5 nitrogen and oxygen atoms in total. The summed E-state index contributed by atoms with van der Waals surface area (Å²) in [6.45, 7) is 0.418. The second kappa shape index (κ2) is 4.32. The molecule has 1 aromatic carbocycles. The van der Waals surface area contributed by atoms with Gasteiger partial charge in [0, 0.05) is 6.54 Å². The molecule has 0 spiro atoms. The predicted molar refractivity (Wildman–Crippen MR) is 58.1 cm³/mol. The number of hydrogen-bond acceptors (Lipinski definition) is 3. The summed E-state index contributed by atoms with van der Waals surface area (Å²) < 4.78 is 0. The van der Waals surface area contributed by atoms with E-state index in [9.17, 15) is 9.59 Å². The molecule has 0 bridgehead atoms. The van der Waals surface area contributed by atoms with Crippen LogP contribution in [0.25, 0.3) is 0 Å². The number of amides is 3. The highest BCUT2D eigenvalue weighted by molar-refractivity contribution is 5.97. The molecule has 2 rings (SSSR count). The van der Waals surface area contributed by atoms with Gasteiger partial charge >= 0.3 is 6.03 Å². The highest BCUT2D eigenvalue weighted by Crippen LogP contribution is 2.11. The molecule has 0 aliphatic carbocycles. The van der Waals surface area contributed by atoms with Crippen LogP contribution in [-0.2, 0) is 11.3 Å². The monoisotopic (exact) mass is 219 g/mol. The van der Waals surface area contributed by atoms with Gasteiger partial charge in [-0.05, 0) is 5.56 Å². The minimum Gasteiger partial charge on any atom is -0.311 e. The number of nitrogens with zero attached hydrogens (tertiary/aromatic N) is 1. The largest absolute Gasteiger partial charge is 0.325 e. The summed E-state index contributed by atoms with van der Waals surface area (Å²) >= 11 is 0. The molecule has 0 aromatic heterocycles. The number of nitrogens with two attached hydrogens (primary N) is 1. The molecule has 1 heterocycles. The van der Waals surface area contributed by atoms with Crippen molar-refractivity contribution < 1.29 is 9.59 Å². The molecule has 3 N–H and O–H groups in total. The third kappa shape index (κ3) is 2.20. The van der Waals surface area contributed by atoms with Crippen LogP contribution in [0.1, 0.15) is 12.0 Å². The van der Waals surface area contributed by atoms with Crippen molar-refractivity contribution in [3.8, 4) is 0 Å². The molecule has 0 saturated carbocycles. The summed E-state index contributed by atoms with van der Waals surface area (Å²) in [6.07, 6.45) is -0.389. The minimum absolute atomic E-state index is 0.151. The first kappa shape index (κ1) is 10.6. The second-order valence-corrected chi connectivity index (χ2v) is 3.74. The number of carbonyl (C=O) groups excluding carboxylic acids is 2. The maximum absolute atomic E-state index is 11.5. The van der Waals surface area contributed by atoms with Crippen LogP contribution < -0.4 is 11.1 Å². The van der Waals surface area contributed by atoms with Gasteiger partial charge in [0.15, 0.2) is 0 Å². The first-order valence-electron chi connectivity index (χ1n) is 5.07. The van der Waals surface area contributed by atoms with Gasteiger partial charge in [-0.25, -0.2) is 4.79 Å². The number of rotatable bonds is 2. The first-order valence-corrected chi connectivity index (χ1v) is 5.07. The van der Waals surface area contributed by atoms with Crippen LogP contribution in [-0.4, -0.2) is 23.0 Å². The summed E-state index contributed by atoms with van der Waals surface area (Å²) in [5, 5.41) is 2.25. The van der Waals surface area contributed by atoms with Gasteiger partial charge in [0.05, 0.1) is 12.6 Å². The summed E-state index contributed by atoms with van der Waals surface area (Å²) in [5.41, 5.74) is 6.74. The van der Waals surface area contributed by atoms with E-state index in [1.165, 1.54) is 4.90 Å². The van der Waals surface area contributed by atoms with Gasteiger partial charge in [-0.1, -0.05) is 30.3 Å². The lowest BCUT2D eigenvalue weighted by atomic mass is 10.2. The van der Waals surface area contributed by atoms with E-state index in [-0.39, 0.29) is 12.3 Å². The van der Waals surface area contributed by atoms with E-state index in [4.69, 9.17) is 5.73 Å². The van der Waals surface area contributed by atoms with Gasteiger partial charge in [-0.3, -0.25) is 10.1 Å². The van der Waals surface area contributed by atoms with Crippen molar-refractivity contribution in [1.82, 2.24) is 10.2 Å². The minimum atomic E-state index is -0.540. The van der Waals surface area contributed by atoms with Gasteiger partial charge in [-0.15, -0.1) is 0 Å². The van der Waals surface area contributed by atoms with Crippen LogP contribution >= 0.6 is 0 Å². The van der Waals surface area contributed by atoms with Crippen LogP contribution in [0.5, 0.6) is 0 Å². The molecule has 0 radical (unpaired) electrons. The molecule has 1 saturated heterocycles. The summed E-state index contributed by atoms with van der Waals surface area (Å²) in [4.78, 5) is 24.0. The SMILES string of the molecule is NC1CC(=O)NC(=O)N1Cc1ccccc1. The molecule has 3 amide bonds. The zero-order chi connectivity index (χ0) is 11.5. The fraction of sp³-hybridized carbons (Fsp3) is 0.273. The Kier molecular flexibility index (Phi) is 2.87. The third-order valence-corrected chi connectivity index (χ3v) is 2.50. The van der Waals surface area contributed by atoms with Gasteiger partial charge in [0.1, 0.15) is 0 Å². The number of urea groups is 1. The second-order valence-electron chi connectivity index (χ2n) is 3.74. The molecule has 1 aliphatic rings. The summed E-state index contributed by atoms with van der Waals surface area (Å²) in [7, 11) is 0. The lowest BCUT2D eigenvalue weighted by Gasteiger charge is -2.32. The highest BCUT2D eigenvalue weighted by atomic mass is 16.2. The molecular formula is C11H13N3O2. The van der Waals surface area contributed by atoms with E-state index in [2.05, 4.69) is 5.32 Å². The Labute approximate surface area is 93.2 Å². The molecule has 1 atom stereocenters.